The summed E-state index contributed by atoms with van der Waals surface area (Å²) in [4.78, 5) is 20.9. The minimum atomic E-state index is 0.0629. The van der Waals surface area contributed by atoms with E-state index in [0.717, 1.165) is 58.3 Å². The molecule has 2 aliphatic rings. The van der Waals surface area contributed by atoms with E-state index in [4.69, 9.17) is 9.47 Å². The van der Waals surface area contributed by atoms with Crippen LogP contribution >= 0.6 is 0 Å². The van der Waals surface area contributed by atoms with Gasteiger partial charge in [0.2, 0.25) is 5.91 Å². The molecule has 0 unspecified atom stereocenters. The lowest BCUT2D eigenvalue weighted by molar-refractivity contribution is -0.122. The number of hydrogen-bond acceptors (Lipinski definition) is 5. The van der Waals surface area contributed by atoms with E-state index < -0.39 is 0 Å². The first-order valence-electron chi connectivity index (χ1n) is 10.1. The van der Waals surface area contributed by atoms with Crippen LogP contribution in [0.4, 0.5) is 0 Å². The van der Waals surface area contributed by atoms with Crippen LogP contribution in [0.5, 0.6) is 0 Å². The highest BCUT2D eigenvalue weighted by atomic mass is 16.5. The number of carbonyl (C=O) groups excluding carboxylic acids is 1. The minimum Gasteiger partial charge on any atom is -0.383 e. The number of ether oxygens (including phenoxy) is 2. The predicted molar refractivity (Wildman–Crippen MR) is 107 cm³/mol. The molecular formula is C19H37N5O3. The van der Waals surface area contributed by atoms with Crippen molar-refractivity contribution in [3.05, 3.63) is 0 Å². The van der Waals surface area contributed by atoms with E-state index >= 15 is 0 Å². The molecule has 0 aromatic carbocycles. The second-order valence-corrected chi connectivity index (χ2v) is 7.45. The molecule has 1 saturated heterocycles. The van der Waals surface area contributed by atoms with Gasteiger partial charge in [0.05, 0.1) is 13.2 Å². The summed E-state index contributed by atoms with van der Waals surface area (Å²) >= 11 is 0. The summed E-state index contributed by atoms with van der Waals surface area (Å²) in [5.74, 6) is 1.04. The molecule has 0 aromatic rings. The number of carbonyl (C=O) groups is 1. The summed E-state index contributed by atoms with van der Waals surface area (Å²) in [5, 5.41) is 6.44. The lowest BCUT2D eigenvalue weighted by Crippen LogP contribution is -2.54. The number of rotatable bonds is 11. The molecule has 2 N–H and O–H groups in total. The number of aliphatic imine (C=N–C) groups is 1. The SMILES string of the molecule is CCOCCC1(CNC(=NC)N2CCN(CC(=O)NCCOC)CC2)CC1. The molecule has 1 aliphatic carbocycles. The number of amides is 1. The molecule has 8 nitrogen and oxygen atoms in total. The van der Waals surface area contributed by atoms with E-state index in [9.17, 15) is 4.79 Å². The van der Waals surface area contributed by atoms with E-state index in [0.29, 0.717) is 25.1 Å². The number of nitrogens with one attached hydrogen (secondary N) is 2. The summed E-state index contributed by atoms with van der Waals surface area (Å²) < 4.78 is 10.5. The molecule has 2 rings (SSSR count). The molecule has 0 aromatic heterocycles. The molecule has 0 bridgehead atoms. The molecule has 1 saturated carbocycles. The van der Waals surface area contributed by atoms with Gasteiger partial charge >= 0.3 is 0 Å². The first-order chi connectivity index (χ1) is 13.1. The van der Waals surface area contributed by atoms with Gasteiger partial charge < -0.3 is 25.0 Å². The van der Waals surface area contributed by atoms with Crippen LogP contribution in [0.25, 0.3) is 0 Å². The van der Waals surface area contributed by atoms with Crippen molar-refractivity contribution in [1.82, 2.24) is 20.4 Å². The molecule has 27 heavy (non-hydrogen) atoms. The van der Waals surface area contributed by atoms with Gasteiger partial charge in [0.1, 0.15) is 0 Å². The Morgan fingerprint density at radius 2 is 1.89 bits per heavy atom. The summed E-state index contributed by atoms with van der Waals surface area (Å²) in [6.07, 6.45) is 3.67. The van der Waals surface area contributed by atoms with Gasteiger partial charge in [-0.15, -0.1) is 0 Å². The quantitative estimate of drug-likeness (QED) is 0.300. The van der Waals surface area contributed by atoms with Gasteiger partial charge in [-0.05, 0) is 31.6 Å². The van der Waals surface area contributed by atoms with Crippen LogP contribution in [0.15, 0.2) is 4.99 Å². The minimum absolute atomic E-state index is 0.0629. The van der Waals surface area contributed by atoms with E-state index in [-0.39, 0.29) is 5.91 Å². The van der Waals surface area contributed by atoms with Crippen molar-refractivity contribution < 1.29 is 14.3 Å². The molecule has 0 radical (unpaired) electrons. The standard InChI is InChI=1S/C19H37N5O3/c1-4-27-13-7-19(5-6-19)16-22-18(20-2)24-11-9-23(10-12-24)15-17(25)21-8-14-26-3/h4-16H2,1-3H3,(H,20,22)(H,21,25). The van der Waals surface area contributed by atoms with Crippen molar-refractivity contribution >= 4 is 11.9 Å². The van der Waals surface area contributed by atoms with Crippen LogP contribution in [-0.2, 0) is 14.3 Å². The fourth-order valence-corrected chi connectivity index (χ4v) is 3.39. The van der Waals surface area contributed by atoms with Crippen LogP contribution < -0.4 is 10.6 Å². The highest BCUT2D eigenvalue weighted by Crippen LogP contribution is 2.48. The van der Waals surface area contributed by atoms with E-state index in [1.807, 2.05) is 14.0 Å². The van der Waals surface area contributed by atoms with Crippen LogP contribution in [0.1, 0.15) is 26.2 Å². The summed E-state index contributed by atoms with van der Waals surface area (Å²) in [6.45, 7) is 9.73. The smallest absolute Gasteiger partial charge is 0.234 e. The zero-order valence-corrected chi connectivity index (χ0v) is 17.3. The van der Waals surface area contributed by atoms with E-state index in [1.165, 1.54) is 12.8 Å². The fraction of sp³-hybridized carbons (Fsp3) is 0.895. The molecule has 156 valence electrons. The maximum Gasteiger partial charge on any atom is 0.234 e. The summed E-state index contributed by atoms with van der Waals surface area (Å²) in [6, 6.07) is 0. The Labute approximate surface area is 163 Å². The Bertz CT molecular complexity index is 474. The van der Waals surface area contributed by atoms with Crippen LogP contribution in [0.3, 0.4) is 0 Å². The lowest BCUT2D eigenvalue weighted by atomic mass is 10.0. The van der Waals surface area contributed by atoms with Gasteiger partial charge in [0.25, 0.3) is 0 Å². The van der Waals surface area contributed by atoms with Gasteiger partial charge in [-0.3, -0.25) is 14.7 Å². The molecule has 8 heteroatoms. The van der Waals surface area contributed by atoms with Crippen molar-refractivity contribution in [2.24, 2.45) is 10.4 Å². The third-order valence-corrected chi connectivity index (χ3v) is 5.44. The Balaban J connectivity index is 1.67. The third-order valence-electron chi connectivity index (χ3n) is 5.44. The average Bonchev–Trinajstić information content (AvgIpc) is 3.44. The highest BCUT2D eigenvalue weighted by molar-refractivity contribution is 5.80. The maximum atomic E-state index is 11.9. The van der Waals surface area contributed by atoms with Gasteiger partial charge in [0, 0.05) is 66.6 Å². The zero-order valence-electron chi connectivity index (χ0n) is 17.3. The highest BCUT2D eigenvalue weighted by Gasteiger charge is 2.42. The molecule has 2 fully saturated rings. The maximum absolute atomic E-state index is 11.9. The van der Waals surface area contributed by atoms with Gasteiger partial charge in [-0.2, -0.15) is 0 Å². The zero-order chi connectivity index (χ0) is 19.5. The molecule has 1 aliphatic heterocycles. The van der Waals surface area contributed by atoms with Crippen molar-refractivity contribution in [2.75, 3.05) is 79.8 Å². The topological polar surface area (TPSA) is 78.4 Å². The monoisotopic (exact) mass is 383 g/mol. The summed E-state index contributed by atoms with van der Waals surface area (Å²) in [7, 11) is 3.48. The van der Waals surface area contributed by atoms with Gasteiger partial charge in [-0.1, -0.05) is 0 Å². The second-order valence-electron chi connectivity index (χ2n) is 7.45. The number of nitrogens with zero attached hydrogens (tertiary/aromatic N) is 3. The second kappa shape index (κ2) is 11.5. The van der Waals surface area contributed by atoms with Crippen molar-refractivity contribution in [3.8, 4) is 0 Å². The molecule has 1 heterocycles. The largest absolute Gasteiger partial charge is 0.383 e. The average molecular weight is 384 g/mol. The Hall–Kier alpha value is -1.38. The Kier molecular flexibility index (Phi) is 9.30. The molecule has 0 spiro atoms. The Morgan fingerprint density at radius 1 is 1.15 bits per heavy atom. The van der Waals surface area contributed by atoms with Gasteiger partial charge in [-0.25, -0.2) is 0 Å². The van der Waals surface area contributed by atoms with Crippen LogP contribution in [-0.4, -0.2) is 101 Å². The number of methoxy groups -OCH3 is 1. The van der Waals surface area contributed by atoms with Gasteiger partial charge in [0.15, 0.2) is 5.96 Å². The molecular weight excluding hydrogens is 346 g/mol. The molecule has 1 amide bonds. The lowest BCUT2D eigenvalue weighted by Gasteiger charge is -2.36. The fourth-order valence-electron chi connectivity index (χ4n) is 3.39. The summed E-state index contributed by atoms with van der Waals surface area (Å²) in [5.41, 5.74) is 0.396. The van der Waals surface area contributed by atoms with E-state index in [1.54, 1.807) is 7.11 Å². The molecule has 0 atom stereocenters. The Morgan fingerprint density at radius 3 is 2.48 bits per heavy atom. The van der Waals surface area contributed by atoms with E-state index in [2.05, 4.69) is 25.4 Å². The first kappa shape index (κ1) is 21.9. The van der Waals surface area contributed by atoms with Crippen LogP contribution in [0.2, 0.25) is 0 Å². The predicted octanol–water partition coefficient (Wildman–Crippen LogP) is 0.149. The number of guanidine groups is 1. The van der Waals surface area contributed by atoms with Crippen molar-refractivity contribution in [2.45, 2.75) is 26.2 Å². The first-order valence-corrected chi connectivity index (χ1v) is 10.1. The van der Waals surface area contributed by atoms with Crippen LogP contribution in [0, 0.1) is 5.41 Å². The van der Waals surface area contributed by atoms with Crippen molar-refractivity contribution in [1.29, 1.82) is 0 Å². The number of piperazine rings is 1. The number of hydrogen-bond donors (Lipinski definition) is 2. The normalized spacial score (nSPS) is 19.8. The third kappa shape index (κ3) is 7.63. The van der Waals surface area contributed by atoms with Crippen molar-refractivity contribution in [3.63, 3.8) is 0 Å².